The summed E-state index contributed by atoms with van der Waals surface area (Å²) in [5, 5.41) is 11.5. The Morgan fingerprint density at radius 1 is 1.22 bits per heavy atom. The minimum absolute atomic E-state index is 0.100. The van der Waals surface area contributed by atoms with Crippen LogP contribution in [0.3, 0.4) is 0 Å². The van der Waals surface area contributed by atoms with Crippen molar-refractivity contribution in [1.82, 2.24) is 4.72 Å². The molecule has 0 heterocycles. The van der Waals surface area contributed by atoms with E-state index in [0.29, 0.717) is 10.6 Å². The molecule has 122 valence electrons. The molecular weight excluding hydrogens is 340 g/mol. The van der Waals surface area contributed by atoms with Gasteiger partial charge >= 0.3 is 0 Å². The molecule has 2 aromatic carbocycles. The van der Waals surface area contributed by atoms with Crippen LogP contribution in [0.4, 0.5) is 5.69 Å². The zero-order chi connectivity index (χ0) is 17.2. The molecule has 0 bridgehead atoms. The van der Waals surface area contributed by atoms with Gasteiger partial charge in [-0.2, -0.15) is 0 Å². The molecule has 6 nitrogen and oxygen atoms in total. The number of sulfonamides is 1. The summed E-state index contributed by atoms with van der Waals surface area (Å²) in [6, 6.07) is 10.3. The van der Waals surface area contributed by atoms with Gasteiger partial charge in [-0.05, 0) is 37.6 Å². The Kier molecular flexibility index (Phi) is 5.03. The van der Waals surface area contributed by atoms with E-state index in [4.69, 9.17) is 11.6 Å². The smallest absolute Gasteiger partial charge is 0.258 e. The van der Waals surface area contributed by atoms with Crippen molar-refractivity contribution in [3.05, 3.63) is 68.7 Å². The molecule has 0 aliphatic rings. The van der Waals surface area contributed by atoms with E-state index in [2.05, 4.69) is 4.72 Å². The maximum Gasteiger partial charge on any atom is 0.273 e. The highest BCUT2D eigenvalue weighted by molar-refractivity contribution is 7.89. The highest BCUT2D eigenvalue weighted by Crippen LogP contribution is 2.26. The fraction of sp³-hybridized carbons (Fsp3) is 0.200. The molecule has 0 aliphatic heterocycles. The van der Waals surface area contributed by atoms with Crippen LogP contribution < -0.4 is 4.72 Å². The number of nitro benzene ring substituents is 1. The molecule has 23 heavy (non-hydrogen) atoms. The zero-order valence-corrected chi connectivity index (χ0v) is 14.1. The van der Waals surface area contributed by atoms with E-state index in [1.165, 1.54) is 25.1 Å². The average Bonchev–Trinajstić information content (AvgIpc) is 2.46. The Bertz CT molecular complexity index is 852. The minimum Gasteiger partial charge on any atom is -0.258 e. The molecule has 2 aromatic rings. The van der Waals surface area contributed by atoms with Crippen LogP contribution in [0.15, 0.2) is 47.4 Å². The average molecular weight is 355 g/mol. The van der Waals surface area contributed by atoms with E-state index in [1.807, 2.05) is 0 Å². The van der Waals surface area contributed by atoms with Crippen LogP contribution in [0.25, 0.3) is 0 Å². The number of nitrogens with zero attached hydrogens (tertiary/aromatic N) is 1. The first-order valence-corrected chi connectivity index (χ1v) is 8.60. The van der Waals surface area contributed by atoms with Gasteiger partial charge < -0.3 is 0 Å². The highest BCUT2D eigenvalue weighted by atomic mass is 35.5. The lowest BCUT2D eigenvalue weighted by atomic mass is 10.1. The number of benzene rings is 2. The maximum absolute atomic E-state index is 12.5. The third-order valence-corrected chi connectivity index (χ3v) is 5.34. The van der Waals surface area contributed by atoms with Crippen molar-refractivity contribution < 1.29 is 13.3 Å². The molecule has 1 atom stereocenters. The number of nitro groups is 1. The number of halogens is 1. The van der Waals surface area contributed by atoms with Crippen LogP contribution in [-0.2, 0) is 10.0 Å². The van der Waals surface area contributed by atoms with E-state index < -0.39 is 21.0 Å². The van der Waals surface area contributed by atoms with Crippen molar-refractivity contribution in [2.45, 2.75) is 24.8 Å². The molecule has 1 unspecified atom stereocenters. The van der Waals surface area contributed by atoms with Crippen molar-refractivity contribution in [1.29, 1.82) is 0 Å². The topological polar surface area (TPSA) is 89.3 Å². The zero-order valence-electron chi connectivity index (χ0n) is 12.5. The molecule has 0 aromatic heterocycles. The maximum atomic E-state index is 12.5. The van der Waals surface area contributed by atoms with Gasteiger partial charge in [-0.1, -0.05) is 29.8 Å². The summed E-state index contributed by atoms with van der Waals surface area (Å²) >= 11 is 5.91. The summed E-state index contributed by atoms with van der Waals surface area (Å²) < 4.78 is 27.6. The molecule has 0 saturated carbocycles. The molecule has 0 aliphatic carbocycles. The van der Waals surface area contributed by atoms with Crippen molar-refractivity contribution >= 4 is 27.3 Å². The molecular formula is C15H15ClN2O4S. The molecule has 8 heteroatoms. The summed E-state index contributed by atoms with van der Waals surface area (Å²) in [4.78, 5) is 10.2. The SMILES string of the molecule is Cc1c([N+](=O)[O-])cccc1S(=O)(=O)NC(C)c1cccc(Cl)c1. The van der Waals surface area contributed by atoms with Crippen LogP contribution in [0.2, 0.25) is 5.02 Å². The summed E-state index contributed by atoms with van der Waals surface area (Å²) in [5.74, 6) is 0. The summed E-state index contributed by atoms with van der Waals surface area (Å²) in [6.07, 6.45) is 0. The van der Waals surface area contributed by atoms with Gasteiger partial charge in [-0.3, -0.25) is 10.1 Å². The second-order valence-corrected chi connectivity index (χ2v) is 7.17. The second-order valence-electron chi connectivity index (χ2n) is 5.06. The van der Waals surface area contributed by atoms with Crippen molar-refractivity contribution in [2.75, 3.05) is 0 Å². The standard InChI is InChI=1S/C15H15ClN2O4S/c1-10-14(18(19)20)7-4-8-15(10)23(21,22)17-11(2)12-5-3-6-13(16)9-12/h3-9,11,17H,1-2H3. The van der Waals surface area contributed by atoms with Gasteiger partial charge in [0.1, 0.15) is 0 Å². The quantitative estimate of drug-likeness (QED) is 0.656. The normalized spacial score (nSPS) is 12.8. The first kappa shape index (κ1) is 17.4. The van der Waals surface area contributed by atoms with Crippen molar-refractivity contribution in [3.8, 4) is 0 Å². The summed E-state index contributed by atoms with van der Waals surface area (Å²) in [5.41, 5.74) is 0.565. The number of nitrogens with one attached hydrogen (secondary N) is 1. The molecule has 0 radical (unpaired) electrons. The first-order chi connectivity index (χ1) is 10.7. The van der Waals surface area contributed by atoms with Crippen LogP contribution >= 0.6 is 11.6 Å². The lowest BCUT2D eigenvalue weighted by Gasteiger charge is -2.16. The third-order valence-electron chi connectivity index (χ3n) is 3.42. The molecule has 0 spiro atoms. The Morgan fingerprint density at radius 3 is 2.48 bits per heavy atom. The molecule has 0 fully saturated rings. The van der Waals surface area contributed by atoms with Gasteiger partial charge in [-0.25, -0.2) is 13.1 Å². The van der Waals surface area contributed by atoms with Crippen molar-refractivity contribution in [2.24, 2.45) is 0 Å². The minimum atomic E-state index is -3.90. The fourth-order valence-electron chi connectivity index (χ4n) is 2.23. The fourth-order valence-corrected chi connectivity index (χ4v) is 3.92. The second kappa shape index (κ2) is 6.66. The number of rotatable bonds is 5. The van der Waals surface area contributed by atoms with Gasteiger partial charge in [-0.15, -0.1) is 0 Å². The van der Waals surface area contributed by atoms with Gasteiger partial charge in [0.05, 0.1) is 9.82 Å². The van der Waals surface area contributed by atoms with E-state index in [-0.39, 0.29) is 16.1 Å². The molecule has 2 rings (SSSR count). The molecule has 0 amide bonds. The van der Waals surface area contributed by atoms with Crippen LogP contribution in [0.1, 0.15) is 24.1 Å². The monoisotopic (exact) mass is 354 g/mol. The van der Waals surface area contributed by atoms with E-state index in [0.717, 1.165) is 0 Å². The van der Waals surface area contributed by atoms with E-state index in [1.54, 1.807) is 31.2 Å². The van der Waals surface area contributed by atoms with Crippen LogP contribution in [-0.4, -0.2) is 13.3 Å². The van der Waals surface area contributed by atoms with Crippen LogP contribution in [0.5, 0.6) is 0 Å². The summed E-state index contributed by atoms with van der Waals surface area (Å²) in [7, 11) is -3.90. The van der Waals surface area contributed by atoms with Gasteiger partial charge in [0, 0.05) is 22.7 Å². The van der Waals surface area contributed by atoms with Gasteiger partial charge in [0.15, 0.2) is 0 Å². The van der Waals surface area contributed by atoms with Gasteiger partial charge in [0.25, 0.3) is 5.69 Å². The number of hydrogen-bond donors (Lipinski definition) is 1. The lowest BCUT2D eigenvalue weighted by Crippen LogP contribution is -2.27. The Hall–Kier alpha value is -1.96. The lowest BCUT2D eigenvalue weighted by molar-refractivity contribution is -0.385. The van der Waals surface area contributed by atoms with Gasteiger partial charge in [0.2, 0.25) is 10.0 Å². The molecule has 1 N–H and O–H groups in total. The van der Waals surface area contributed by atoms with Crippen LogP contribution in [0, 0.1) is 17.0 Å². The van der Waals surface area contributed by atoms with E-state index in [9.17, 15) is 18.5 Å². The Morgan fingerprint density at radius 2 is 1.87 bits per heavy atom. The highest BCUT2D eigenvalue weighted by Gasteiger charge is 2.24. The van der Waals surface area contributed by atoms with Crippen molar-refractivity contribution in [3.63, 3.8) is 0 Å². The predicted molar refractivity (Wildman–Crippen MR) is 88.0 cm³/mol. The van der Waals surface area contributed by atoms with E-state index >= 15 is 0 Å². The third kappa shape index (κ3) is 3.87. The first-order valence-electron chi connectivity index (χ1n) is 6.74. The Labute approximate surface area is 139 Å². The largest absolute Gasteiger partial charge is 0.273 e. The summed E-state index contributed by atoms with van der Waals surface area (Å²) in [6.45, 7) is 3.09. The molecule has 0 saturated heterocycles. The Balaban J connectivity index is 2.36. The number of hydrogen-bond acceptors (Lipinski definition) is 4. The predicted octanol–water partition coefficient (Wildman–Crippen LogP) is 3.60.